The topological polar surface area (TPSA) is 70.5 Å². The first kappa shape index (κ1) is 33.3. The van der Waals surface area contributed by atoms with Crippen LogP contribution in [0.5, 0.6) is 5.75 Å². The van der Waals surface area contributed by atoms with E-state index in [-0.39, 0.29) is 18.7 Å². The lowest BCUT2D eigenvalue weighted by Crippen LogP contribution is -2.30. The maximum atomic E-state index is 12.3. The molecule has 1 aromatic heterocycles. The molecule has 0 radical (unpaired) electrons. The van der Waals surface area contributed by atoms with Gasteiger partial charge in [0.2, 0.25) is 0 Å². The number of hydrogen-bond acceptors (Lipinski definition) is 6. The smallest absolute Gasteiger partial charge is 0.335 e. The summed E-state index contributed by atoms with van der Waals surface area (Å²) >= 11 is 0. The number of nitrogens with zero attached hydrogens (tertiary/aromatic N) is 2. The van der Waals surface area contributed by atoms with Crippen LogP contribution in [0.15, 0.2) is 60.9 Å². The molecule has 0 aliphatic carbocycles. The van der Waals surface area contributed by atoms with Crippen molar-refractivity contribution >= 4 is 5.97 Å². The fourth-order valence-electron chi connectivity index (χ4n) is 4.70. The minimum Gasteiger partial charge on any atom is -0.490 e. The Morgan fingerprint density at radius 2 is 1.31 bits per heavy atom. The van der Waals surface area contributed by atoms with E-state index < -0.39 is 6.10 Å². The Balaban J connectivity index is 1.41. The van der Waals surface area contributed by atoms with Crippen molar-refractivity contribution in [3.8, 4) is 28.3 Å². The number of hydrogen-bond donors (Lipinski definition) is 0. The Labute approximate surface area is 253 Å². The van der Waals surface area contributed by atoms with E-state index in [1.165, 1.54) is 56.9 Å². The van der Waals surface area contributed by atoms with Crippen LogP contribution < -0.4 is 4.74 Å². The van der Waals surface area contributed by atoms with Gasteiger partial charge >= 0.3 is 5.97 Å². The summed E-state index contributed by atoms with van der Waals surface area (Å²) < 4.78 is 16.9. The molecule has 6 nitrogen and oxygen atoms in total. The molecule has 3 aromatic rings. The lowest BCUT2D eigenvalue weighted by atomic mass is 10.0. The predicted molar refractivity (Wildman–Crippen MR) is 171 cm³/mol. The number of rotatable bonds is 20. The van der Waals surface area contributed by atoms with Crippen LogP contribution >= 0.6 is 0 Å². The summed E-state index contributed by atoms with van der Waals surface area (Å²) in [6.45, 7) is 8.81. The zero-order valence-electron chi connectivity index (χ0n) is 26.1. The lowest BCUT2D eigenvalue weighted by Gasteiger charge is -2.18. The van der Waals surface area contributed by atoms with Gasteiger partial charge in [-0.25, -0.2) is 14.8 Å². The van der Waals surface area contributed by atoms with E-state index in [0.717, 1.165) is 36.0 Å². The minimum atomic E-state index is -0.575. The van der Waals surface area contributed by atoms with Gasteiger partial charge in [-0.2, -0.15) is 0 Å². The number of benzene rings is 2. The number of unbranched alkanes of at least 4 members (excludes halogenated alkanes) is 8. The second-order valence-electron chi connectivity index (χ2n) is 11.2. The zero-order valence-corrected chi connectivity index (χ0v) is 26.1. The number of aryl methyl sites for hydroxylation is 1. The molecule has 2 unspecified atom stereocenters. The van der Waals surface area contributed by atoms with E-state index in [9.17, 15) is 4.79 Å². The zero-order chi connectivity index (χ0) is 30.0. The molecule has 1 heterocycles. The van der Waals surface area contributed by atoms with Crippen molar-refractivity contribution in [2.24, 2.45) is 0 Å². The van der Waals surface area contributed by atoms with E-state index >= 15 is 0 Å². The summed E-state index contributed by atoms with van der Waals surface area (Å²) in [5, 5.41) is 0. The van der Waals surface area contributed by atoms with Crippen LogP contribution in [0.3, 0.4) is 0 Å². The summed E-state index contributed by atoms with van der Waals surface area (Å²) in [6, 6.07) is 16.4. The fraction of sp³-hybridized carbons (Fsp3) is 0.528. The highest BCUT2D eigenvalue weighted by Gasteiger charge is 2.18. The minimum absolute atomic E-state index is 0.261. The first-order chi connectivity index (χ1) is 20.5. The largest absolute Gasteiger partial charge is 0.490 e. The van der Waals surface area contributed by atoms with Crippen LogP contribution in [0.2, 0.25) is 0 Å². The van der Waals surface area contributed by atoms with Crippen molar-refractivity contribution in [1.82, 2.24) is 9.97 Å². The molecule has 2 atom stereocenters. The summed E-state index contributed by atoms with van der Waals surface area (Å²) in [5.74, 6) is 0.997. The number of carbonyl (C=O) groups is 1. The van der Waals surface area contributed by atoms with Crippen molar-refractivity contribution in [3.63, 3.8) is 0 Å². The third-order valence-corrected chi connectivity index (χ3v) is 7.37. The number of esters is 1. The monoisotopic (exact) mass is 574 g/mol. The van der Waals surface area contributed by atoms with Gasteiger partial charge < -0.3 is 14.2 Å². The highest BCUT2D eigenvalue weighted by molar-refractivity contribution is 5.74. The van der Waals surface area contributed by atoms with Gasteiger partial charge in [0.25, 0.3) is 0 Å². The highest BCUT2D eigenvalue weighted by Crippen LogP contribution is 2.23. The second-order valence-corrected chi connectivity index (χ2v) is 11.2. The second kappa shape index (κ2) is 19.0. The van der Waals surface area contributed by atoms with Crippen LogP contribution in [-0.4, -0.2) is 41.4 Å². The van der Waals surface area contributed by atoms with Crippen LogP contribution in [0.4, 0.5) is 0 Å². The highest BCUT2D eigenvalue weighted by atomic mass is 16.6. The van der Waals surface area contributed by atoms with Gasteiger partial charge in [-0.05, 0) is 68.5 Å². The molecule has 0 aliphatic heterocycles. The Morgan fingerprint density at radius 1 is 0.714 bits per heavy atom. The number of aromatic nitrogens is 2. The molecule has 2 aromatic carbocycles. The van der Waals surface area contributed by atoms with E-state index in [1.807, 2.05) is 43.6 Å². The van der Waals surface area contributed by atoms with Gasteiger partial charge in [0.15, 0.2) is 11.9 Å². The van der Waals surface area contributed by atoms with Crippen LogP contribution in [0.1, 0.15) is 97.5 Å². The van der Waals surface area contributed by atoms with Crippen LogP contribution in [0, 0.1) is 0 Å². The third kappa shape index (κ3) is 11.9. The molecule has 6 heteroatoms. The van der Waals surface area contributed by atoms with Crippen molar-refractivity contribution in [1.29, 1.82) is 0 Å². The Morgan fingerprint density at radius 3 is 1.98 bits per heavy atom. The predicted octanol–water partition coefficient (Wildman–Crippen LogP) is 9.01. The number of ether oxygens (including phenoxy) is 3. The van der Waals surface area contributed by atoms with Crippen LogP contribution in [0.25, 0.3) is 22.5 Å². The lowest BCUT2D eigenvalue weighted by molar-refractivity contribution is -0.162. The first-order valence-electron chi connectivity index (χ1n) is 16.0. The molecular formula is C36H50N2O4. The molecule has 42 heavy (non-hydrogen) atoms. The van der Waals surface area contributed by atoms with Crippen molar-refractivity contribution in [2.75, 3.05) is 13.2 Å². The molecule has 0 saturated heterocycles. The van der Waals surface area contributed by atoms with Crippen molar-refractivity contribution in [3.05, 3.63) is 66.5 Å². The SMILES string of the molecule is CCCCCCCCc1ccc(-c2cnc(-c3ccc(OCC(C)OC(=O)C(C)OCCCCCC)cc3)nc2)cc1. The average molecular weight is 575 g/mol. The van der Waals surface area contributed by atoms with E-state index in [0.29, 0.717) is 18.2 Å². The van der Waals surface area contributed by atoms with E-state index in [1.54, 1.807) is 6.92 Å². The van der Waals surface area contributed by atoms with Gasteiger partial charge in [-0.15, -0.1) is 0 Å². The fourth-order valence-corrected chi connectivity index (χ4v) is 4.70. The van der Waals surface area contributed by atoms with Gasteiger partial charge in [-0.1, -0.05) is 89.5 Å². The first-order valence-corrected chi connectivity index (χ1v) is 16.0. The van der Waals surface area contributed by atoms with E-state index in [4.69, 9.17) is 14.2 Å². The summed E-state index contributed by atoms with van der Waals surface area (Å²) in [5.41, 5.74) is 4.43. The molecular weight excluding hydrogens is 524 g/mol. The van der Waals surface area contributed by atoms with Gasteiger partial charge in [-0.3, -0.25) is 0 Å². The average Bonchev–Trinajstić information content (AvgIpc) is 3.02. The summed E-state index contributed by atoms with van der Waals surface area (Å²) in [4.78, 5) is 21.5. The standard InChI is InChI=1S/C36H50N2O4/c1-5-7-9-11-12-13-15-30-16-18-31(19-17-30)33-25-37-35(38-26-33)32-20-22-34(23-21-32)41-27-28(3)42-36(39)29(4)40-24-14-10-8-6-2/h16-23,25-26,28-29H,5-15,24,27H2,1-4H3. The quantitative estimate of drug-likeness (QED) is 0.0990. The molecule has 3 rings (SSSR count). The Kier molecular flexibility index (Phi) is 15.1. The maximum Gasteiger partial charge on any atom is 0.335 e. The molecule has 0 N–H and O–H groups in total. The molecule has 0 spiro atoms. The Bertz CT molecular complexity index is 1150. The maximum absolute atomic E-state index is 12.3. The molecule has 228 valence electrons. The molecule has 0 aliphatic rings. The van der Waals surface area contributed by atoms with Gasteiger partial charge in [0.1, 0.15) is 18.5 Å². The summed E-state index contributed by atoms with van der Waals surface area (Å²) in [7, 11) is 0. The van der Waals surface area contributed by atoms with Crippen molar-refractivity contribution in [2.45, 2.75) is 111 Å². The summed E-state index contributed by atoms with van der Waals surface area (Å²) in [6.07, 6.45) is 16.3. The number of carbonyl (C=O) groups excluding carboxylic acids is 1. The third-order valence-electron chi connectivity index (χ3n) is 7.37. The molecule has 0 saturated carbocycles. The van der Waals surface area contributed by atoms with Gasteiger partial charge in [0, 0.05) is 30.1 Å². The van der Waals surface area contributed by atoms with Gasteiger partial charge in [0.05, 0.1) is 0 Å². The molecule has 0 bridgehead atoms. The molecule has 0 amide bonds. The van der Waals surface area contributed by atoms with Crippen LogP contribution in [-0.2, 0) is 20.7 Å². The Hall–Kier alpha value is -3.25. The van der Waals surface area contributed by atoms with E-state index in [2.05, 4.69) is 48.1 Å². The normalized spacial score (nSPS) is 12.6. The molecule has 0 fully saturated rings. The van der Waals surface area contributed by atoms with Crippen molar-refractivity contribution < 1.29 is 19.0 Å².